The van der Waals surface area contributed by atoms with E-state index < -0.39 is 11.0 Å². The second-order valence-electron chi connectivity index (χ2n) is 8.79. The van der Waals surface area contributed by atoms with E-state index in [1.807, 2.05) is 61.5 Å². The largest absolute Gasteiger partial charge is 0.497 e. The SMILES string of the molecule is CCCCNC(=O)[C@H](Cc1ccccc1)N(Cc1cccc(OC)c1)C(=O)Cc1ccccc1[N+](=O)[O-]. The van der Waals surface area contributed by atoms with E-state index in [0.29, 0.717) is 24.3 Å². The van der Waals surface area contributed by atoms with Crippen molar-refractivity contribution in [2.75, 3.05) is 13.7 Å². The summed E-state index contributed by atoms with van der Waals surface area (Å²) in [6.07, 6.45) is 1.86. The zero-order valence-electron chi connectivity index (χ0n) is 21.3. The normalized spacial score (nSPS) is 11.4. The molecule has 0 aliphatic rings. The maximum Gasteiger partial charge on any atom is 0.273 e. The molecule has 0 bridgehead atoms. The number of para-hydroxylation sites is 1. The van der Waals surface area contributed by atoms with Crippen molar-refractivity contribution >= 4 is 17.5 Å². The van der Waals surface area contributed by atoms with Crippen molar-refractivity contribution in [3.63, 3.8) is 0 Å². The van der Waals surface area contributed by atoms with Crippen molar-refractivity contribution in [1.82, 2.24) is 10.2 Å². The maximum atomic E-state index is 13.8. The first-order chi connectivity index (χ1) is 17.9. The van der Waals surface area contributed by atoms with Crippen LogP contribution in [0.4, 0.5) is 5.69 Å². The van der Waals surface area contributed by atoms with E-state index in [1.54, 1.807) is 25.3 Å². The molecule has 194 valence electrons. The second-order valence-corrected chi connectivity index (χ2v) is 8.79. The molecule has 0 radical (unpaired) electrons. The van der Waals surface area contributed by atoms with Crippen LogP contribution in [0.25, 0.3) is 0 Å². The van der Waals surface area contributed by atoms with Crippen LogP contribution in [0, 0.1) is 10.1 Å². The minimum absolute atomic E-state index is 0.121. The number of nitrogens with one attached hydrogen (secondary N) is 1. The average Bonchev–Trinajstić information content (AvgIpc) is 2.91. The van der Waals surface area contributed by atoms with Crippen molar-refractivity contribution < 1.29 is 19.2 Å². The molecular weight excluding hydrogens is 470 g/mol. The minimum atomic E-state index is -0.805. The molecule has 3 rings (SSSR count). The van der Waals surface area contributed by atoms with Gasteiger partial charge in [0.1, 0.15) is 11.8 Å². The quantitative estimate of drug-likeness (QED) is 0.207. The molecule has 1 atom stereocenters. The molecule has 0 aliphatic heterocycles. The van der Waals surface area contributed by atoms with Crippen LogP contribution in [-0.2, 0) is 29.0 Å². The van der Waals surface area contributed by atoms with Crippen molar-refractivity contribution in [2.45, 2.75) is 45.2 Å². The molecule has 0 saturated heterocycles. The molecule has 0 aromatic heterocycles. The number of carbonyl (C=O) groups excluding carboxylic acids is 2. The zero-order valence-corrected chi connectivity index (χ0v) is 21.3. The number of hydrogen-bond acceptors (Lipinski definition) is 5. The number of methoxy groups -OCH3 is 1. The summed E-state index contributed by atoms with van der Waals surface area (Å²) >= 11 is 0. The first-order valence-corrected chi connectivity index (χ1v) is 12.4. The van der Waals surface area contributed by atoms with Gasteiger partial charge >= 0.3 is 0 Å². The fourth-order valence-corrected chi connectivity index (χ4v) is 4.13. The highest BCUT2D eigenvalue weighted by Gasteiger charge is 2.31. The number of benzene rings is 3. The summed E-state index contributed by atoms with van der Waals surface area (Å²) in [5.74, 6) is 0.00964. The van der Waals surface area contributed by atoms with Gasteiger partial charge in [0, 0.05) is 31.1 Å². The van der Waals surface area contributed by atoms with Gasteiger partial charge in [-0.05, 0) is 29.7 Å². The Kier molecular flexibility index (Phi) is 10.2. The van der Waals surface area contributed by atoms with Crippen molar-refractivity contribution in [3.05, 3.63) is 106 Å². The number of ether oxygens (including phenoxy) is 1. The number of amides is 2. The van der Waals surface area contributed by atoms with Crippen molar-refractivity contribution in [2.24, 2.45) is 0 Å². The number of nitrogens with zero attached hydrogens (tertiary/aromatic N) is 2. The molecule has 3 aromatic rings. The predicted molar refractivity (Wildman–Crippen MR) is 142 cm³/mol. The Labute approximate surface area is 217 Å². The third-order valence-electron chi connectivity index (χ3n) is 6.12. The van der Waals surface area contributed by atoms with Crippen LogP contribution >= 0.6 is 0 Å². The van der Waals surface area contributed by atoms with Crippen LogP contribution in [0.15, 0.2) is 78.9 Å². The van der Waals surface area contributed by atoms with Gasteiger partial charge in [0.15, 0.2) is 0 Å². The molecule has 37 heavy (non-hydrogen) atoms. The average molecular weight is 504 g/mol. The molecule has 0 fully saturated rings. The van der Waals surface area contributed by atoms with Gasteiger partial charge in [-0.3, -0.25) is 19.7 Å². The number of unbranched alkanes of at least 4 members (excludes halogenated alkanes) is 1. The molecule has 2 amide bonds. The number of hydrogen-bond donors (Lipinski definition) is 1. The van der Waals surface area contributed by atoms with Crippen LogP contribution < -0.4 is 10.1 Å². The van der Waals surface area contributed by atoms with Crippen LogP contribution in [0.2, 0.25) is 0 Å². The Morgan fingerprint density at radius 3 is 2.41 bits per heavy atom. The number of rotatable bonds is 13. The summed E-state index contributed by atoms with van der Waals surface area (Å²) in [4.78, 5) is 39.9. The van der Waals surface area contributed by atoms with Gasteiger partial charge in [0.25, 0.3) is 5.69 Å². The number of carbonyl (C=O) groups is 2. The Balaban J connectivity index is 2.00. The Morgan fingerprint density at radius 2 is 1.70 bits per heavy atom. The molecule has 0 aliphatic carbocycles. The van der Waals surface area contributed by atoms with E-state index in [-0.39, 0.29) is 30.5 Å². The highest BCUT2D eigenvalue weighted by molar-refractivity contribution is 5.89. The van der Waals surface area contributed by atoms with Gasteiger partial charge in [-0.1, -0.05) is 74.0 Å². The Bertz CT molecular complexity index is 1200. The lowest BCUT2D eigenvalue weighted by Gasteiger charge is -2.31. The molecule has 3 aromatic carbocycles. The van der Waals surface area contributed by atoms with Crippen LogP contribution in [0.1, 0.15) is 36.5 Å². The summed E-state index contributed by atoms with van der Waals surface area (Å²) in [5.41, 5.74) is 1.88. The van der Waals surface area contributed by atoms with Crippen LogP contribution in [0.5, 0.6) is 5.75 Å². The van der Waals surface area contributed by atoms with Gasteiger partial charge in [-0.2, -0.15) is 0 Å². The lowest BCUT2D eigenvalue weighted by Crippen LogP contribution is -2.51. The molecular formula is C29H33N3O5. The predicted octanol–water partition coefficient (Wildman–Crippen LogP) is 4.70. The summed E-state index contributed by atoms with van der Waals surface area (Å²) in [7, 11) is 1.57. The fraction of sp³-hybridized carbons (Fsp3) is 0.310. The standard InChI is InChI=1S/C29H33N3O5/c1-3-4-17-30-29(34)27(19-22-11-6-5-7-12-22)31(21-23-13-10-15-25(18-23)37-2)28(33)20-24-14-8-9-16-26(24)32(35)36/h5-16,18,27H,3-4,17,19-21H2,1-2H3,(H,30,34)/t27-/m0/s1. The maximum absolute atomic E-state index is 13.8. The molecule has 0 saturated carbocycles. The van der Waals surface area contributed by atoms with Crippen LogP contribution in [-0.4, -0.2) is 41.3 Å². The summed E-state index contributed by atoms with van der Waals surface area (Å²) in [6.45, 7) is 2.69. The molecule has 8 nitrogen and oxygen atoms in total. The molecule has 0 unspecified atom stereocenters. The molecule has 0 heterocycles. The first kappa shape index (κ1) is 27.4. The monoisotopic (exact) mass is 503 g/mol. The Hall–Kier alpha value is -4.20. The molecule has 8 heteroatoms. The van der Waals surface area contributed by atoms with E-state index in [2.05, 4.69) is 5.32 Å². The third kappa shape index (κ3) is 7.90. The molecule has 1 N–H and O–H groups in total. The van der Waals surface area contributed by atoms with E-state index >= 15 is 0 Å². The lowest BCUT2D eigenvalue weighted by molar-refractivity contribution is -0.385. The van der Waals surface area contributed by atoms with Crippen molar-refractivity contribution in [3.8, 4) is 5.75 Å². The first-order valence-electron chi connectivity index (χ1n) is 12.4. The fourth-order valence-electron chi connectivity index (χ4n) is 4.13. The highest BCUT2D eigenvalue weighted by Crippen LogP contribution is 2.22. The smallest absolute Gasteiger partial charge is 0.273 e. The van der Waals surface area contributed by atoms with Gasteiger partial charge in [-0.25, -0.2) is 0 Å². The minimum Gasteiger partial charge on any atom is -0.497 e. The number of nitro benzene ring substituents is 1. The van der Waals surface area contributed by atoms with E-state index in [4.69, 9.17) is 4.74 Å². The molecule has 0 spiro atoms. The summed E-state index contributed by atoms with van der Waals surface area (Å²) in [5, 5.41) is 14.5. The van der Waals surface area contributed by atoms with Gasteiger partial charge in [-0.15, -0.1) is 0 Å². The summed E-state index contributed by atoms with van der Waals surface area (Å²) in [6, 6.07) is 22.2. The summed E-state index contributed by atoms with van der Waals surface area (Å²) < 4.78 is 5.35. The Morgan fingerprint density at radius 1 is 1.00 bits per heavy atom. The van der Waals surface area contributed by atoms with Gasteiger partial charge < -0.3 is 15.0 Å². The van der Waals surface area contributed by atoms with E-state index in [1.165, 1.54) is 11.0 Å². The topological polar surface area (TPSA) is 102 Å². The highest BCUT2D eigenvalue weighted by atomic mass is 16.6. The van der Waals surface area contributed by atoms with E-state index in [0.717, 1.165) is 24.0 Å². The van der Waals surface area contributed by atoms with E-state index in [9.17, 15) is 19.7 Å². The van der Waals surface area contributed by atoms with Crippen LogP contribution in [0.3, 0.4) is 0 Å². The van der Waals surface area contributed by atoms with Gasteiger partial charge in [0.2, 0.25) is 11.8 Å². The lowest BCUT2D eigenvalue weighted by atomic mass is 10.0. The van der Waals surface area contributed by atoms with Gasteiger partial charge in [0.05, 0.1) is 18.5 Å². The van der Waals surface area contributed by atoms with Crippen molar-refractivity contribution in [1.29, 1.82) is 0 Å². The zero-order chi connectivity index (χ0) is 26.6. The third-order valence-corrected chi connectivity index (χ3v) is 6.12. The second kappa shape index (κ2) is 13.8. The number of nitro groups is 1.